The van der Waals surface area contributed by atoms with E-state index in [2.05, 4.69) is 10.2 Å². The molecule has 6 nitrogen and oxygen atoms in total. The molecule has 1 N–H and O–H groups in total. The van der Waals surface area contributed by atoms with E-state index in [-0.39, 0.29) is 51.8 Å². The Bertz CT molecular complexity index is 1110. The first-order valence-corrected chi connectivity index (χ1v) is 11.6. The van der Waals surface area contributed by atoms with E-state index in [0.29, 0.717) is 6.54 Å². The summed E-state index contributed by atoms with van der Waals surface area (Å²) in [6, 6.07) is 5.86. The van der Waals surface area contributed by atoms with Gasteiger partial charge in [0.2, 0.25) is 5.91 Å². The molecule has 0 aromatic heterocycles. The maximum absolute atomic E-state index is 13.5. The number of fused-ring (bicyclic) bond motifs is 2. The summed E-state index contributed by atoms with van der Waals surface area (Å²) in [5.74, 6) is -0.775. The van der Waals surface area contributed by atoms with E-state index in [1.165, 1.54) is 23.1 Å². The number of alkyl halides is 3. The summed E-state index contributed by atoms with van der Waals surface area (Å²) < 4.78 is 46.1. The molecule has 34 heavy (non-hydrogen) atoms. The van der Waals surface area contributed by atoms with Crippen molar-refractivity contribution in [3.8, 4) is 11.5 Å². The van der Waals surface area contributed by atoms with Crippen LogP contribution in [0.5, 0.6) is 11.5 Å². The number of hydrogen-bond acceptors (Lipinski definition) is 4. The Kier molecular flexibility index (Phi) is 6.78. The lowest BCUT2D eigenvalue weighted by Crippen LogP contribution is -2.38. The molecule has 1 aliphatic carbocycles. The van der Waals surface area contributed by atoms with Crippen LogP contribution in [0.1, 0.15) is 42.6 Å². The SMILES string of the molecule is CCN(CC)CCN1C(=O)c2cc(Cl)c(NC(=O)C3CC3)cc2Oc2cc(C(F)(F)F)ccc21. The van der Waals surface area contributed by atoms with E-state index in [0.717, 1.165) is 38.1 Å². The average Bonchev–Trinajstić information content (AvgIpc) is 3.64. The number of amides is 2. The Hall–Kier alpha value is -2.78. The van der Waals surface area contributed by atoms with Gasteiger partial charge >= 0.3 is 6.18 Å². The zero-order valence-electron chi connectivity index (χ0n) is 18.8. The van der Waals surface area contributed by atoms with Gasteiger partial charge in [-0.05, 0) is 50.2 Å². The second kappa shape index (κ2) is 9.46. The first-order valence-electron chi connectivity index (χ1n) is 11.2. The van der Waals surface area contributed by atoms with Gasteiger partial charge in [0.1, 0.15) is 5.75 Å². The van der Waals surface area contributed by atoms with Crippen molar-refractivity contribution < 1.29 is 27.5 Å². The summed E-state index contributed by atoms with van der Waals surface area (Å²) in [6.45, 7) is 6.29. The molecule has 2 aliphatic rings. The van der Waals surface area contributed by atoms with Gasteiger partial charge < -0.3 is 19.9 Å². The van der Waals surface area contributed by atoms with Crippen molar-refractivity contribution in [3.63, 3.8) is 0 Å². The minimum atomic E-state index is -4.58. The van der Waals surface area contributed by atoms with Crippen LogP contribution >= 0.6 is 11.6 Å². The lowest BCUT2D eigenvalue weighted by atomic mass is 10.1. The highest BCUT2D eigenvalue weighted by molar-refractivity contribution is 6.34. The highest BCUT2D eigenvalue weighted by Gasteiger charge is 2.35. The largest absolute Gasteiger partial charge is 0.454 e. The number of carbonyl (C=O) groups is 2. The van der Waals surface area contributed by atoms with Crippen molar-refractivity contribution in [2.45, 2.75) is 32.9 Å². The van der Waals surface area contributed by atoms with Gasteiger partial charge in [-0.3, -0.25) is 9.59 Å². The molecule has 2 amide bonds. The Balaban J connectivity index is 1.77. The van der Waals surface area contributed by atoms with Gasteiger partial charge in [0.25, 0.3) is 5.91 Å². The molecule has 182 valence electrons. The first-order chi connectivity index (χ1) is 16.1. The number of anilines is 2. The summed E-state index contributed by atoms with van der Waals surface area (Å²) in [4.78, 5) is 29.3. The van der Waals surface area contributed by atoms with Gasteiger partial charge in [-0.1, -0.05) is 25.4 Å². The smallest absolute Gasteiger partial charge is 0.416 e. The van der Waals surface area contributed by atoms with Crippen LogP contribution in [0, 0.1) is 5.92 Å². The predicted octanol–water partition coefficient (Wildman–Crippen LogP) is 5.80. The Morgan fingerprint density at radius 2 is 1.88 bits per heavy atom. The van der Waals surface area contributed by atoms with Gasteiger partial charge in [0.05, 0.1) is 27.5 Å². The highest BCUT2D eigenvalue weighted by atomic mass is 35.5. The topological polar surface area (TPSA) is 61.9 Å². The molecule has 10 heteroatoms. The van der Waals surface area contributed by atoms with Crippen LogP contribution in [0.15, 0.2) is 30.3 Å². The number of nitrogens with zero attached hydrogens (tertiary/aromatic N) is 2. The first kappa shape index (κ1) is 24.3. The van der Waals surface area contributed by atoms with E-state index in [1.807, 2.05) is 13.8 Å². The number of benzene rings is 2. The van der Waals surface area contributed by atoms with Crippen LogP contribution in [0.2, 0.25) is 5.02 Å². The van der Waals surface area contributed by atoms with Crippen molar-refractivity contribution in [1.82, 2.24) is 4.90 Å². The van der Waals surface area contributed by atoms with Gasteiger partial charge in [-0.15, -0.1) is 0 Å². The summed E-state index contributed by atoms with van der Waals surface area (Å²) >= 11 is 6.37. The predicted molar refractivity (Wildman–Crippen MR) is 124 cm³/mol. The summed E-state index contributed by atoms with van der Waals surface area (Å²) in [7, 11) is 0. The maximum Gasteiger partial charge on any atom is 0.416 e. The third kappa shape index (κ3) is 5.00. The van der Waals surface area contributed by atoms with E-state index in [4.69, 9.17) is 16.3 Å². The molecule has 2 aromatic rings. The standard InChI is InChI=1S/C24H25ClF3N3O3/c1-3-30(4-2)9-10-31-19-8-7-15(24(26,27)28)11-21(19)34-20-13-18(29-22(32)14-5-6-14)17(25)12-16(20)23(31)33/h7-8,11-14H,3-6,9-10H2,1-2H3,(H,29,32). The lowest BCUT2D eigenvalue weighted by molar-refractivity contribution is -0.137. The molecule has 1 fully saturated rings. The molecule has 0 atom stereocenters. The molecule has 1 heterocycles. The quantitative estimate of drug-likeness (QED) is 0.527. The molecule has 0 unspecified atom stereocenters. The molecule has 0 saturated heterocycles. The average molecular weight is 496 g/mol. The summed E-state index contributed by atoms with van der Waals surface area (Å²) in [6.07, 6.45) is -3.00. The minimum Gasteiger partial charge on any atom is -0.454 e. The summed E-state index contributed by atoms with van der Waals surface area (Å²) in [5.41, 5.74) is -0.294. The molecule has 4 rings (SSSR count). The zero-order valence-corrected chi connectivity index (χ0v) is 19.6. The normalized spacial score (nSPS) is 15.5. The van der Waals surface area contributed by atoms with Crippen LogP contribution in [0.4, 0.5) is 24.5 Å². The van der Waals surface area contributed by atoms with E-state index in [1.54, 1.807) is 0 Å². The van der Waals surface area contributed by atoms with Crippen molar-refractivity contribution >= 4 is 34.8 Å². The van der Waals surface area contributed by atoms with Crippen molar-refractivity contribution in [2.75, 3.05) is 36.4 Å². The molecule has 0 bridgehead atoms. The zero-order chi connectivity index (χ0) is 24.6. The fraction of sp³-hybridized carbons (Fsp3) is 0.417. The van der Waals surface area contributed by atoms with E-state index >= 15 is 0 Å². The number of halogens is 4. The maximum atomic E-state index is 13.5. The van der Waals surface area contributed by atoms with Crippen LogP contribution in [-0.2, 0) is 11.0 Å². The van der Waals surface area contributed by atoms with E-state index < -0.39 is 17.6 Å². The van der Waals surface area contributed by atoms with Crippen LogP contribution in [0.3, 0.4) is 0 Å². The van der Waals surface area contributed by atoms with Crippen LogP contribution in [0.25, 0.3) is 0 Å². The van der Waals surface area contributed by atoms with Gasteiger partial charge in [-0.25, -0.2) is 0 Å². The van der Waals surface area contributed by atoms with Crippen molar-refractivity contribution in [2.24, 2.45) is 5.92 Å². The molecule has 0 spiro atoms. The summed E-state index contributed by atoms with van der Waals surface area (Å²) in [5, 5.41) is 2.87. The fourth-order valence-corrected chi connectivity index (χ4v) is 4.06. The minimum absolute atomic E-state index is 0.0337. The van der Waals surface area contributed by atoms with Gasteiger partial charge in [0.15, 0.2) is 5.75 Å². The third-order valence-corrected chi connectivity index (χ3v) is 6.40. The molecular weight excluding hydrogens is 471 g/mol. The number of likely N-dealkylation sites (N-methyl/N-ethyl adjacent to an activating group) is 1. The Morgan fingerprint density at radius 1 is 1.18 bits per heavy atom. The second-order valence-electron chi connectivity index (χ2n) is 8.36. The highest BCUT2D eigenvalue weighted by Crippen LogP contribution is 2.44. The number of hydrogen-bond donors (Lipinski definition) is 1. The second-order valence-corrected chi connectivity index (χ2v) is 8.76. The fourth-order valence-electron chi connectivity index (χ4n) is 3.85. The van der Waals surface area contributed by atoms with Gasteiger partial charge in [-0.2, -0.15) is 13.2 Å². The molecule has 1 saturated carbocycles. The molecular formula is C24H25ClF3N3O3. The lowest BCUT2D eigenvalue weighted by Gasteiger charge is -2.26. The number of rotatable bonds is 7. The number of nitrogens with one attached hydrogen (secondary N) is 1. The Labute approximate surface area is 200 Å². The van der Waals surface area contributed by atoms with Crippen molar-refractivity contribution in [1.29, 1.82) is 0 Å². The monoisotopic (exact) mass is 495 g/mol. The molecule has 0 radical (unpaired) electrons. The van der Waals surface area contributed by atoms with Crippen LogP contribution in [-0.4, -0.2) is 42.9 Å². The van der Waals surface area contributed by atoms with E-state index in [9.17, 15) is 22.8 Å². The third-order valence-electron chi connectivity index (χ3n) is 6.08. The van der Waals surface area contributed by atoms with Crippen LogP contribution < -0.4 is 15.0 Å². The molecule has 2 aromatic carbocycles. The number of ether oxygens (including phenoxy) is 1. The molecule has 1 aliphatic heterocycles. The number of carbonyl (C=O) groups excluding carboxylic acids is 2. The Morgan fingerprint density at radius 3 is 2.50 bits per heavy atom. The van der Waals surface area contributed by atoms with Crippen molar-refractivity contribution in [3.05, 3.63) is 46.5 Å². The van der Waals surface area contributed by atoms with Gasteiger partial charge in [0, 0.05) is 25.1 Å².